The summed E-state index contributed by atoms with van der Waals surface area (Å²) in [6, 6.07) is 0. The Hall–Kier alpha value is -1.05. The van der Waals surface area contributed by atoms with Crippen molar-refractivity contribution in [2.75, 3.05) is 39.8 Å². The van der Waals surface area contributed by atoms with E-state index in [0.29, 0.717) is 19.1 Å². The molecule has 0 aliphatic carbocycles. The van der Waals surface area contributed by atoms with Crippen LogP contribution in [0.2, 0.25) is 0 Å². The summed E-state index contributed by atoms with van der Waals surface area (Å²) < 4.78 is 5.79. The Kier molecular flexibility index (Phi) is 6.70. The van der Waals surface area contributed by atoms with Crippen LogP contribution in [0.1, 0.15) is 34.6 Å². The highest BCUT2D eigenvalue weighted by atomic mass is 16.5. The van der Waals surface area contributed by atoms with E-state index in [0.717, 1.165) is 19.6 Å². The minimum Gasteiger partial charge on any atom is -0.374 e. The second-order valence-electron chi connectivity index (χ2n) is 7.14. The Balaban J connectivity index is 2.46. The number of nitrogens with zero attached hydrogens (tertiary/aromatic N) is 2. The monoisotopic (exact) mass is 294 g/mol. The number of carbonyl (C=O) groups is 1. The Morgan fingerprint density at radius 1 is 1.43 bits per heavy atom. The van der Waals surface area contributed by atoms with Gasteiger partial charge < -0.3 is 9.64 Å². The summed E-state index contributed by atoms with van der Waals surface area (Å²) in [7, 11) is 1.86. The molecule has 1 saturated heterocycles. The molecule has 0 aromatic heterocycles. The third-order valence-corrected chi connectivity index (χ3v) is 3.38. The van der Waals surface area contributed by atoms with Gasteiger partial charge in [0.15, 0.2) is 0 Å². The average molecular weight is 294 g/mol. The lowest BCUT2D eigenvalue weighted by Gasteiger charge is -2.35. The Morgan fingerprint density at radius 2 is 2.10 bits per heavy atom. The largest absolute Gasteiger partial charge is 0.374 e. The predicted octanol–water partition coefficient (Wildman–Crippen LogP) is 1.85. The van der Waals surface area contributed by atoms with Crippen molar-refractivity contribution in [2.24, 2.45) is 11.3 Å². The minimum absolute atomic E-state index is 0.0795. The molecule has 120 valence electrons. The van der Waals surface area contributed by atoms with Crippen LogP contribution in [-0.4, -0.2) is 61.6 Å². The van der Waals surface area contributed by atoms with Crippen LogP contribution in [-0.2, 0) is 9.53 Å². The van der Waals surface area contributed by atoms with Crippen LogP contribution in [0.3, 0.4) is 0 Å². The lowest BCUT2D eigenvalue weighted by molar-refractivity contribution is -0.141. The zero-order valence-electron chi connectivity index (χ0n) is 14.4. The molecule has 0 unspecified atom stereocenters. The van der Waals surface area contributed by atoms with Crippen molar-refractivity contribution in [3.8, 4) is 11.8 Å². The molecular formula is C17H30N2O2. The third kappa shape index (κ3) is 6.50. The molecule has 4 heteroatoms. The van der Waals surface area contributed by atoms with Gasteiger partial charge in [-0.2, -0.15) is 0 Å². The van der Waals surface area contributed by atoms with Crippen LogP contribution in [0.5, 0.6) is 0 Å². The van der Waals surface area contributed by atoms with Gasteiger partial charge in [-0.25, -0.2) is 0 Å². The van der Waals surface area contributed by atoms with E-state index in [2.05, 4.69) is 30.6 Å². The van der Waals surface area contributed by atoms with E-state index in [1.54, 1.807) is 4.90 Å². The molecule has 1 rings (SSSR count). The van der Waals surface area contributed by atoms with Crippen molar-refractivity contribution in [3.05, 3.63) is 0 Å². The normalized spacial score (nSPS) is 20.0. The van der Waals surface area contributed by atoms with Gasteiger partial charge in [0.05, 0.1) is 19.3 Å². The maximum Gasteiger partial charge on any atom is 0.227 e. The van der Waals surface area contributed by atoms with E-state index in [4.69, 9.17) is 4.74 Å². The van der Waals surface area contributed by atoms with Gasteiger partial charge in [0.2, 0.25) is 5.91 Å². The van der Waals surface area contributed by atoms with Crippen LogP contribution in [0, 0.1) is 23.2 Å². The van der Waals surface area contributed by atoms with Crippen LogP contribution in [0.15, 0.2) is 0 Å². The van der Waals surface area contributed by atoms with Gasteiger partial charge in [-0.15, -0.1) is 0 Å². The number of hydrogen-bond acceptors (Lipinski definition) is 3. The first kappa shape index (κ1) is 18.0. The fourth-order valence-electron chi connectivity index (χ4n) is 2.36. The zero-order chi connectivity index (χ0) is 16.0. The molecule has 1 aliphatic heterocycles. The molecule has 0 saturated carbocycles. The molecule has 1 heterocycles. The quantitative estimate of drug-likeness (QED) is 0.745. The molecule has 1 aliphatic rings. The van der Waals surface area contributed by atoms with Gasteiger partial charge in [-0.05, 0) is 0 Å². The highest BCUT2D eigenvalue weighted by Gasteiger charge is 2.28. The molecule has 0 radical (unpaired) electrons. The number of hydrogen-bond donors (Lipinski definition) is 0. The van der Waals surface area contributed by atoms with Crippen molar-refractivity contribution < 1.29 is 9.53 Å². The molecular weight excluding hydrogens is 264 g/mol. The lowest BCUT2D eigenvalue weighted by Crippen LogP contribution is -2.49. The summed E-state index contributed by atoms with van der Waals surface area (Å²) in [5.74, 6) is 6.97. The molecule has 1 atom stereocenters. The first-order valence-electron chi connectivity index (χ1n) is 7.78. The third-order valence-electron chi connectivity index (χ3n) is 3.38. The van der Waals surface area contributed by atoms with E-state index >= 15 is 0 Å². The zero-order valence-corrected chi connectivity index (χ0v) is 14.4. The Labute approximate surface area is 129 Å². The number of ether oxygens (including phenoxy) is 1. The number of amides is 1. The fourth-order valence-corrected chi connectivity index (χ4v) is 2.36. The van der Waals surface area contributed by atoms with Gasteiger partial charge in [0.25, 0.3) is 0 Å². The molecule has 4 nitrogen and oxygen atoms in total. The van der Waals surface area contributed by atoms with Crippen molar-refractivity contribution >= 4 is 5.91 Å². The van der Waals surface area contributed by atoms with Crippen molar-refractivity contribution in [1.29, 1.82) is 0 Å². The van der Waals surface area contributed by atoms with Crippen molar-refractivity contribution in [3.63, 3.8) is 0 Å². The summed E-state index contributed by atoms with van der Waals surface area (Å²) in [6.07, 6.45) is 0.0795. The topological polar surface area (TPSA) is 32.8 Å². The second kappa shape index (κ2) is 7.82. The van der Waals surface area contributed by atoms with Crippen LogP contribution in [0.25, 0.3) is 0 Å². The molecule has 1 amide bonds. The second-order valence-corrected chi connectivity index (χ2v) is 7.14. The smallest absolute Gasteiger partial charge is 0.227 e. The van der Waals surface area contributed by atoms with Gasteiger partial charge in [-0.1, -0.05) is 46.5 Å². The highest BCUT2D eigenvalue weighted by Crippen LogP contribution is 2.17. The van der Waals surface area contributed by atoms with Gasteiger partial charge >= 0.3 is 0 Å². The maximum atomic E-state index is 12.2. The summed E-state index contributed by atoms with van der Waals surface area (Å²) in [6.45, 7) is 13.9. The summed E-state index contributed by atoms with van der Waals surface area (Å²) in [5.41, 5.74) is -0.341. The SMILES string of the molecule is CC(C)C#CCN1CCO[C@H](CN(C)C(=O)C(C)(C)C)C1. The standard InChI is InChI=1S/C17H30N2O2/c1-14(2)8-7-9-19-10-11-21-15(13-19)12-18(6)16(20)17(3,4)5/h14-15H,9-13H2,1-6H3/t15-/m1/s1. The number of rotatable bonds is 3. The first-order valence-corrected chi connectivity index (χ1v) is 7.78. The number of carbonyl (C=O) groups excluding carboxylic acids is 1. The Morgan fingerprint density at radius 3 is 2.67 bits per heavy atom. The van der Waals surface area contributed by atoms with Crippen molar-refractivity contribution in [2.45, 2.75) is 40.7 Å². The van der Waals surface area contributed by atoms with Crippen LogP contribution >= 0.6 is 0 Å². The van der Waals surface area contributed by atoms with E-state index in [1.165, 1.54) is 0 Å². The van der Waals surface area contributed by atoms with Gasteiger partial charge in [0, 0.05) is 38.0 Å². The number of morpholine rings is 1. The van der Waals surface area contributed by atoms with Crippen LogP contribution in [0.4, 0.5) is 0 Å². The van der Waals surface area contributed by atoms with E-state index in [1.807, 2.05) is 27.8 Å². The van der Waals surface area contributed by atoms with E-state index < -0.39 is 0 Å². The molecule has 0 aromatic rings. The maximum absolute atomic E-state index is 12.2. The molecule has 0 bridgehead atoms. The Bertz CT molecular complexity index is 401. The molecule has 0 spiro atoms. The number of likely N-dealkylation sites (N-methyl/N-ethyl adjacent to an activating group) is 1. The summed E-state index contributed by atoms with van der Waals surface area (Å²) >= 11 is 0. The molecule has 21 heavy (non-hydrogen) atoms. The summed E-state index contributed by atoms with van der Waals surface area (Å²) in [5, 5.41) is 0. The molecule has 0 N–H and O–H groups in total. The van der Waals surface area contributed by atoms with Crippen LogP contribution < -0.4 is 0 Å². The van der Waals surface area contributed by atoms with E-state index in [-0.39, 0.29) is 17.4 Å². The lowest BCUT2D eigenvalue weighted by atomic mass is 9.95. The van der Waals surface area contributed by atoms with Gasteiger partial charge in [0.1, 0.15) is 0 Å². The minimum atomic E-state index is -0.341. The predicted molar refractivity (Wildman–Crippen MR) is 85.9 cm³/mol. The summed E-state index contributed by atoms with van der Waals surface area (Å²) in [4.78, 5) is 16.3. The fraction of sp³-hybridized carbons (Fsp3) is 0.824. The van der Waals surface area contributed by atoms with Gasteiger partial charge in [-0.3, -0.25) is 9.69 Å². The van der Waals surface area contributed by atoms with Crippen molar-refractivity contribution in [1.82, 2.24) is 9.80 Å². The average Bonchev–Trinajstić information content (AvgIpc) is 2.36. The first-order chi connectivity index (χ1) is 9.70. The molecule has 1 fully saturated rings. The molecule has 0 aromatic carbocycles. The highest BCUT2D eigenvalue weighted by molar-refractivity contribution is 5.81. The van der Waals surface area contributed by atoms with E-state index in [9.17, 15) is 4.79 Å².